The molecule has 0 fully saturated rings. The van der Waals surface area contributed by atoms with Crippen LogP contribution in [-0.4, -0.2) is 41.9 Å². The van der Waals surface area contributed by atoms with Crippen molar-refractivity contribution in [3.63, 3.8) is 0 Å². The molecule has 126 valence electrons. The summed E-state index contributed by atoms with van der Waals surface area (Å²) in [6.07, 6.45) is 0.204. The van der Waals surface area contributed by atoms with Crippen LogP contribution in [0.25, 0.3) is 0 Å². The maximum absolute atomic E-state index is 12.0. The smallest absolute Gasteiger partial charge is 0.337 e. The van der Waals surface area contributed by atoms with Crippen molar-refractivity contribution in [3.8, 4) is 0 Å². The van der Waals surface area contributed by atoms with Crippen LogP contribution in [0.1, 0.15) is 44.5 Å². The van der Waals surface area contributed by atoms with Gasteiger partial charge in [0, 0.05) is 31.1 Å². The van der Waals surface area contributed by atoms with E-state index >= 15 is 0 Å². The molecule has 1 aromatic carbocycles. The van der Waals surface area contributed by atoms with Crippen molar-refractivity contribution in [2.75, 3.05) is 19.0 Å². The number of rotatable bonds is 5. The van der Waals surface area contributed by atoms with Crippen LogP contribution in [0.5, 0.6) is 0 Å². The summed E-state index contributed by atoms with van der Waals surface area (Å²) in [5.74, 6) is -0.677. The van der Waals surface area contributed by atoms with Crippen LogP contribution in [0.3, 0.4) is 0 Å². The molecule has 2 amide bonds. The van der Waals surface area contributed by atoms with Gasteiger partial charge in [-0.1, -0.05) is 0 Å². The number of anilines is 1. The molecule has 0 radical (unpaired) electrons. The van der Waals surface area contributed by atoms with E-state index < -0.39 is 5.97 Å². The number of nitrogens with zero attached hydrogens (tertiary/aromatic N) is 1. The van der Waals surface area contributed by atoms with Crippen LogP contribution < -0.4 is 5.32 Å². The number of carbonyl (C=O) groups excluding carboxylic acids is 3. The van der Waals surface area contributed by atoms with E-state index in [4.69, 9.17) is 0 Å². The van der Waals surface area contributed by atoms with Gasteiger partial charge in [0.15, 0.2) is 0 Å². The van der Waals surface area contributed by atoms with Gasteiger partial charge in [-0.3, -0.25) is 9.59 Å². The van der Waals surface area contributed by atoms with Crippen molar-refractivity contribution in [1.82, 2.24) is 4.90 Å². The minimum absolute atomic E-state index is 0.0623. The van der Waals surface area contributed by atoms with E-state index in [-0.39, 0.29) is 23.8 Å². The molecule has 6 nitrogen and oxygen atoms in total. The summed E-state index contributed by atoms with van der Waals surface area (Å²) in [6, 6.07) is 6.43. The second kappa shape index (κ2) is 7.76. The predicted octanol–water partition coefficient (Wildman–Crippen LogP) is 2.45. The lowest BCUT2D eigenvalue weighted by Crippen LogP contribution is -2.45. The fraction of sp³-hybridized carbons (Fsp3) is 0.471. The van der Waals surface area contributed by atoms with Crippen LogP contribution in [-0.2, 0) is 14.3 Å². The van der Waals surface area contributed by atoms with Crippen LogP contribution in [0.15, 0.2) is 24.3 Å². The first kappa shape index (κ1) is 18.7. The fourth-order valence-corrected chi connectivity index (χ4v) is 2.21. The predicted molar refractivity (Wildman–Crippen MR) is 88.2 cm³/mol. The van der Waals surface area contributed by atoms with Gasteiger partial charge < -0.3 is 15.0 Å². The topological polar surface area (TPSA) is 75.7 Å². The van der Waals surface area contributed by atoms with Gasteiger partial charge in [0.25, 0.3) is 0 Å². The van der Waals surface area contributed by atoms with E-state index in [9.17, 15) is 14.4 Å². The Bertz CT molecular complexity index is 573. The minimum atomic E-state index is -0.426. The number of amides is 2. The molecule has 0 saturated heterocycles. The Morgan fingerprint density at radius 1 is 1.13 bits per heavy atom. The van der Waals surface area contributed by atoms with Gasteiger partial charge in [0.1, 0.15) is 0 Å². The van der Waals surface area contributed by atoms with E-state index in [1.807, 2.05) is 20.8 Å². The number of hydrogen-bond acceptors (Lipinski definition) is 4. The van der Waals surface area contributed by atoms with Crippen LogP contribution >= 0.6 is 0 Å². The van der Waals surface area contributed by atoms with E-state index in [2.05, 4.69) is 10.1 Å². The Morgan fingerprint density at radius 2 is 1.70 bits per heavy atom. The Labute approximate surface area is 136 Å². The molecule has 6 heteroatoms. The lowest BCUT2D eigenvalue weighted by atomic mass is 10.1. The highest BCUT2D eigenvalue weighted by Gasteiger charge is 2.24. The molecular weight excluding hydrogens is 296 g/mol. The summed E-state index contributed by atoms with van der Waals surface area (Å²) in [5, 5.41) is 2.74. The van der Waals surface area contributed by atoms with Crippen molar-refractivity contribution in [3.05, 3.63) is 29.8 Å². The molecule has 0 unspecified atom stereocenters. The SMILES string of the molecule is COC(=O)c1ccc(NC(=O)CCN(C(C)=O)C(C)(C)C)cc1. The monoisotopic (exact) mass is 320 g/mol. The molecule has 1 aromatic rings. The summed E-state index contributed by atoms with van der Waals surface area (Å²) in [5.41, 5.74) is 0.683. The number of benzene rings is 1. The van der Waals surface area contributed by atoms with E-state index in [0.29, 0.717) is 17.8 Å². The Kier molecular flexibility index (Phi) is 6.30. The maximum atomic E-state index is 12.0. The molecule has 0 spiro atoms. The van der Waals surface area contributed by atoms with Crippen molar-refractivity contribution in [2.24, 2.45) is 0 Å². The molecule has 0 bridgehead atoms. The summed E-state index contributed by atoms with van der Waals surface area (Å²) < 4.78 is 4.61. The molecule has 0 saturated carbocycles. The van der Waals surface area contributed by atoms with Crippen LogP contribution in [0.4, 0.5) is 5.69 Å². The highest BCUT2D eigenvalue weighted by molar-refractivity contribution is 5.93. The third-order valence-electron chi connectivity index (χ3n) is 3.34. The van der Waals surface area contributed by atoms with Gasteiger partial charge in [-0.15, -0.1) is 0 Å². The summed E-state index contributed by atoms with van der Waals surface area (Å²) in [6.45, 7) is 7.63. The first-order valence-electron chi connectivity index (χ1n) is 7.41. The minimum Gasteiger partial charge on any atom is -0.465 e. The number of carbonyl (C=O) groups is 3. The summed E-state index contributed by atoms with van der Waals surface area (Å²) >= 11 is 0. The lowest BCUT2D eigenvalue weighted by molar-refractivity contribution is -0.134. The lowest BCUT2D eigenvalue weighted by Gasteiger charge is -2.34. The molecule has 0 aliphatic rings. The zero-order valence-corrected chi connectivity index (χ0v) is 14.3. The highest BCUT2D eigenvalue weighted by atomic mass is 16.5. The van der Waals surface area contributed by atoms with Gasteiger partial charge in [0.2, 0.25) is 11.8 Å². The number of hydrogen-bond donors (Lipinski definition) is 1. The first-order chi connectivity index (χ1) is 10.6. The quantitative estimate of drug-likeness (QED) is 0.846. The molecule has 0 aromatic heterocycles. The Balaban J connectivity index is 2.60. The number of nitrogens with one attached hydrogen (secondary N) is 1. The van der Waals surface area contributed by atoms with Crippen molar-refractivity contribution < 1.29 is 19.1 Å². The molecule has 0 atom stereocenters. The van der Waals surface area contributed by atoms with Crippen molar-refractivity contribution in [1.29, 1.82) is 0 Å². The van der Waals surface area contributed by atoms with Gasteiger partial charge in [-0.05, 0) is 45.0 Å². The third kappa shape index (κ3) is 5.73. The molecule has 0 aliphatic heterocycles. The Morgan fingerprint density at radius 3 is 2.13 bits per heavy atom. The average Bonchev–Trinajstić information content (AvgIpc) is 2.45. The zero-order valence-electron chi connectivity index (χ0n) is 14.3. The van der Waals surface area contributed by atoms with Crippen LogP contribution in [0, 0.1) is 0 Å². The first-order valence-corrected chi connectivity index (χ1v) is 7.41. The van der Waals surface area contributed by atoms with Crippen molar-refractivity contribution >= 4 is 23.5 Å². The molecular formula is C17H24N2O4. The zero-order chi connectivity index (χ0) is 17.6. The largest absolute Gasteiger partial charge is 0.465 e. The van der Waals surface area contributed by atoms with E-state index in [1.54, 1.807) is 29.2 Å². The second-order valence-electron chi connectivity index (χ2n) is 6.21. The molecule has 23 heavy (non-hydrogen) atoms. The number of ether oxygens (including phenoxy) is 1. The summed E-state index contributed by atoms with van der Waals surface area (Å²) in [7, 11) is 1.31. The van der Waals surface area contributed by atoms with Gasteiger partial charge in [0.05, 0.1) is 12.7 Å². The van der Waals surface area contributed by atoms with Gasteiger partial charge in [-0.2, -0.15) is 0 Å². The second-order valence-corrected chi connectivity index (χ2v) is 6.21. The number of methoxy groups -OCH3 is 1. The molecule has 0 heterocycles. The number of esters is 1. The van der Waals surface area contributed by atoms with Crippen molar-refractivity contribution in [2.45, 2.75) is 39.7 Å². The Hall–Kier alpha value is -2.37. The van der Waals surface area contributed by atoms with Gasteiger partial charge >= 0.3 is 5.97 Å². The molecule has 1 N–H and O–H groups in total. The standard InChI is InChI=1S/C17H24N2O4/c1-12(20)19(17(2,3)4)11-10-15(21)18-14-8-6-13(7-9-14)16(22)23-5/h6-9H,10-11H2,1-5H3,(H,18,21). The third-order valence-corrected chi connectivity index (χ3v) is 3.34. The highest BCUT2D eigenvalue weighted by Crippen LogP contribution is 2.15. The summed E-state index contributed by atoms with van der Waals surface area (Å²) in [4.78, 5) is 36.6. The molecule has 0 aliphatic carbocycles. The average molecular weight is 320 g/mol. The fourth-order valence-electron chi connectivity index (χ4n) is 2.21. The molecule has 1 rings (SSSR count). The maximum Gasteiger partial charge on any atom is 0.337 e. The van der Waals surface area contributed by atoms with Gasteiger partial charge in [-0.25, -0.2) is 4.79 Å². The van der Waals surface area contributed by atoms with E-state index in [0.717, 1.165) is 0 Å². The normalized spacial score (nSPS) is 10.8. The van der Waals surface area contributed by atoms with E-state index in [1.165, 1.54) is 14.0 Å². The van der Waals surface area contributed by atoms with Crippen LogP contribution in [0.2, 0.25) is 0 Å².